The van der Waals surface area contributed by atoms with E-state index in [1.807, 2.05) is 0 Å². The van der Waals surface area contributed by atoms with Gasteiger partial charge in [0.1, 0.15) is 0 Å². The number of hydrogen-bond donors (Lipinski definition) is 1. The number of nitrogens with zero attached hydrogens (tertiary/aromatic N) is 1. The lowest BCUT2D eigenvalue weighted by molar-refractivity contribution is 0.181. The van der Waals surface area contributed by atoms with Gasteiger partial charge in [0, 0.05) is 12.6 Å². The van der Waals surface area contributed by atoms with Gasteiger partial charge in [-0.15, -0.1) is 0 Å². The van der Waals surface area contributed by atoms with Gasteiger partial charge in [-0.25, -0.2) is 0 Å². The summed E-state index contributed by atoms with van der Waals surface area (Å²) in [4.78, 5) is 2.53. The molecule has 2 fully saturated rings. The molecule has 0 bridgehead atoms. The normalized spacial score (nSPS) is 32.6. The molecule has 1 unspecified atom stereocenters. The fourth-order valence-corrected chi connectivity index (χ4v) is 3.64. The third-order valence-electron chi connectivity index (χ3n) is 5.97. The molecule has 0 aromatic carbocycles. The molecule has 0 spiro atoms. The first-order chi connectivity index (χ1) is 7.87. The Labute approximate surface area is 107 Å². The SMILES string of the molecule is CN1CCCCC1CNCC1C(C)(C)C1(C)C. The average molecular weight is 238 g/mol. The maximum Gasteiger partial charge on any atom is 0.0217 e. The van der Waals surface area contributed by atoms with E-state index in [0.717, 1.165) is 12.0 Å². The van der Waals surface area contributed by atoms with Crippen molar-refractivity contribution in [3.05, 3.63) is 0 Å². The van der Waals surface area contributed by atoms with Crippen LogP contribution in [-0.2, 0) is 0 Å². The lowest BCUT2D eigenvalue weighted by Crippen LogP contribution is -2.43. The number of hydrogen-bond acceptors (Lipinski definition) is 2. The van der Waals surface area contributed by atoms with Crippen LogP contribution >= 0.6 is 0 Å². The molecule has 0 amide bonds. The Morgan fingerprint density at radius 2 is 1.71 bits per heavy atom. The van der Waals surface area contributed by atoms with E-state index in [1.54, 1.807) is 0 Å². The quantitative estimate of drug-likeness (QED) is 0.810. The van der Waals surface area contributed by atoms with E-state index in [2.05, 4.69) is 45.0 Å². The highest BCUT2D eigenvalue weighted by Crippen LogP contribution is 2.67. The number of likely N-dealkylation sites (tertiary alicyclic amines) is 1. The molecule has 1 aliphatic carbocycles. The lowest BCUT2D eigenvalue weighted by Gasteiger charge is -2.32. The van der Waals surface area contributed by atoms with Crippen LogP contribution < -0.4 is 5.32 Å². The van der Waals surface area contributed by atoms with E-state index < -0.39 is 0 Å². The number of piperidine rings is 1. The van der Waals surface area contributed by atoms with Crippen molar-refractivity contribution < 1.29 is 0 Å². The molecule has 0 aromatic rings. The molecule has 1 saturated heterocycles. The maximum atomic E-state index is 3.72. The summed E-state index contributed by atoms with van der Waals surface area (Å²) in [5, 5.41) is 3.72. The van der Waals surface area contributed by atoms with Crippen molar-refractivity contribution in [1.82, 2.24) is 10.2 Å². The molecule has 2 rings (SSSR count). The highest BCUT2D eigenvalue weighted by atomic mass is 15.2. The van der Waals surface area contributed by atoms with Gasteiger partial charge in [0.2, 0.25) is 0 Å². The monoisotopic (exact) mass is 238 g/mol. The van der Waals surface area contributed by atoms with E-state index in [4.69, 9.17) is 0 Å². The topological polar surface area (TPSA) is 15.3 Å². The second-order valence-electron chi connectivity index (χ2n) is 7.28. The van der Waals surface area contributed by atoms with Crippen LogP contribution in [0.25, 0.3) is 0 Å². The minimum absolute atomic E-state index is 0.526. The van der Waals surface area contributed by atoms with Gasteiger partial charge in [0.05, 0.1) is 0 Å². The average Bonchev–Trinajstić information content (AvgIpc) is 2.63. The third-order valence-corrected chi connectivity index (χ3v) is 5.97. The van der Waals surface area contributed by atoms with Crippen LogP contribution in [0.3, 0.4) is 0 Å². The van der Waals surface area contributed by atoms with Gasteiger partial charge >= 0.3 is 0 Å². The van der Waals surface area contributed by atoms with E-state index in [-0.39, 0.29) is 0 Å². The van der Waals surface area contributed by atoms with Crippen LogP contribution in [-0.4, -0.2) is 37.6 Å². The first kappa shape index (κ1) is 13.4. The number of rotatable bonds is 4. The predicted molar refractivity (Wildman–Crippen MR) is 74.2 cm³/mol. The summed E-state index contributed by atoms with van der Waals surface area (Å²) >= 11 is 0. The Balaban J connectivity index is 1.70. The first-order valence-electron chi connectivity index (χ1n) is 7.28. The van der Waals surface area contributed by atoms with E-state index in [1.165, 1.54) is 38.9 Å². The summed E-state index contributed by atoms with van der Waals surface area (Å²) in [6.07, 6.45) is 4.17. The summed E-state index contributed by atoms with van der Waals surface area (Å²) < 4.78 is 0. The smallest absolute Gasteiger partial charge is 0.0217 e. The van der Waals surface area contributed by atoms with Gasteiger partial charge in [0.25, 0.3) is 0 Å². The molecule has 2 nitrogen and oxygen atoms in total. The Hall–Kier alpha value is -0.0800. The molecule has 0 radical (unpaired) electrons. The predicted octanol–water partition coefficient (Wildman–Crippen LogP) is 2.74. The van der Waals surface area contributed by atoms with Gasteiger partial charge in [0.15, 0.2) is 0 Å². The zero-order valence-electron chi connectivity index (χ0n) is 12.3. The van der Waals surface area contributed by atoms with Crippen LogP contribution in [0.5, 0.6) is 0 Å². The summed E-state index contributed by atoms with van der Waals surface area (Å²) in [5.41, 5.74) is 1.05. The molecular weight excluding hydrogens is 208 g/mol. The number of likely N-dealkylation sites (N-methyl/N-ethyl adjacent to an activating group) is 1. The van der Waals surface area contributed by atoms with Gasteiger partial charge in [-0.1, -0.05) is 34.1 Å². The molecule has 2 aliphatic rings. The molecule has 1 heterocycles. The van der Waals surface area contributed by atoms with Crippen LogP contribution in [0.2, 0.25) is 0 Å². The highest BCUT2D eigenvalue weighted by Gasteiger charge is 2.63. The maximum absolute atomic E-state index is 3.72. The van der Waals surface area contributed by atoms with Crippen molar-refractivity contribution in [3.63, 3.8) is 0 Å². The zero-order chi connectivity index (χ0) is 12.7. The Bertz CT molecular complexity index is 256. The standard InChI is InChI=1S/C15H30N2/c1-14(2)13(15(14,3)4)11-16-10-12-8-6-7-9-17(12)5/h12-13,16H,6-11H2,1-5H3. The third kappa shape index (κ3) is 2.39. The lowest BCUT2D eigenvalue weighted by atomic mass is 10.0. The molecule has 1 saturated carbocycles. The van der Waals surface area contributed by atoms with Gasteiger partial charge in [-0.05, 0) is 49.7 Å². The van der Waals surface area contributed by atoms with Crippen LogP contribution in [0, 0.1) is 16.7 Å². The van der Waals surface area contributed by atoms with Crippen LogP contribution in [0.1, 0.15) is 47.0 Å². The summed E-state index contributed by atoms with van der Waals surface area (Å²) in [7, 11) is 2.27. The minimum atomic E-state index is 0.526. The molecule has 1 N–H and O–H groups in total. The van der Waals surface area contributed by atoms with Crippen molar-refractivity contribution in [3.8, 4) is 0 Å². The Morgan fingerprint density at radius 3 is 2.24 bits per heavy atom. The van der Waals surface area contributed by atoms with Crippen LogP contribution in [0.4, 0.5) is 0 Å². The molecule has 17 heavy (non-hydrogen) atoms. The Kier molecular flexibility index (Phi) is 3.57. The van der Waals surface area contributed by atoms with Gasteiger partial charge < -0.3 is 10.2 Å². The summed E-state index contributed by atoms with van der Waals surface area (Å²) in [6.45, 7) is 13.3. The molecule has 2 heteroatoms. The molecule has 1 atom stereocenters. The second kappa shape index (κ2) is 4.55. The Morgan fingerprint density at radius 1 is 1.06 bits per heavy atom. The van der Waals surface area contributed by atoms with E-state index >= 15 is 0 Å². The largest absolute Gasteiger partial charge is 0.315 e. The molecule has 0 aromatic heterocycles. The van der Waals surface area contributed by atoms with Gasteiger partial charge in [-0.2, -0.15) is 0 Å². The van der Waals surface area contributed by atoms with Crippen molar-refractivity contribution in [1.29, 1.82) is 0 Å². The molecular formula is C15H30N2. The fourth-order valence-electron chi connectivity index (χ4n) is 3.64. The van der Waals surface area contributed by atoms with Crippen molar-refractivity contribution in [2.24, 2.45) is 16.7 Å². The molecule has 1 aliphatic heterocycles. The highest BCUT2D eigenvalue weighted by molar-refractivity contribution is 5.12. The first-order valence-corrected chi connectivity index (χ1v) is 7.28. The van der Waals surface area contributed by atoms with Crippen molar-refractivity contribution in [2.75, 3.05) is 26.7 Å². The summed E-state index contributed by atoms with van der Waals surface area (Å²) in [5.74, 6) is 0.851. The minimum Gasteiger partial charge on any atom is -0.315 e. The zero-order valence-corrected chi connectivity index (χ0v) is 12.3. The van der Waals surface area contributed by atoms with E-state index in [0.29, 0.717) is 10.8 Å². The van der Waals surface area contributed by atoms with Gasteiger partial charge in [-0.3, -0.25) is 0 Å². The number of nitrogens with one attached hydrogen (secondary N) is 1. The fraction of sp³-hybridized carbons (Fsp3) is 1.00. The second-order valence-corrected chi connectivity index (χ2v) is 7.28. The van der Waals surface area contributed by atoms with Crippen LogP contribution in [0.15, 0.2) is 0 Å². The molecule has 100 valence electrons. The van der Waals surface area contributed by atoms with Crippen molar-refractivity contribution in [2.45, 2.75) is 53.0 Å². The summed E-state index contributed by atoms with van der Waals surface area (Å²) in [6, 6.07) is 0.772. The van der Waals surface area contributed by atoms with E-state index in [9.17, 15) is 0 Å². The van der Waals surface area contributed by atoms with Crippen molar-refractivity contribution >= 4 is 0 Å².